The lowest BCUT2D eigenvalue weighted by molar-refractivity contribution is 0.0525. The summed E-state index contributed by atoms with van der Waals surface area (Å²) in [4.78, 5) is 20.1. The third-order valence-electron chi connectivity index (χ3n) is 3.89. The highest BCUT2D eigenvalue weighted by Gasteiger charge is 2.45. The lowest BCUT2D eigenvalue weighted by Crippen LogP contribution is -2.20. The van der Waals surface area contributed by atoms with Gasteiger partial charge in [-0.3, -0.25) is 0 Å². The van der Waals surface area contributed by atoms with Crippen LogP contribution in [0.15, 0.2) is 36.7 Å². The molecule has 6 heteroatoms. The minimum absolute atomic E-state index is 0.153. The van der Waals surface area contributed by atoms with Crippen LogP contribution in [0.3, 0.4) is 0 Å². The third-order valence-corrected chi connectivity index (χ3v) is 3.89. The number of carbonyl (C=O) groups is 1. The van der Waals surface area contributed by atoms with Gasteiger partial charge in [0.25, 0.3) is 0 Å². The number of methoxy groups -OCH3 is 1. The molecule has 1 aliphatic rings. The number of nitrogens with zero attached hydrogens (tertiary/aromatic N) is 2. The van der Waals surface area contributed by atoms with E-state index in [1.54, 1.807) is 14.0 Å². The average molecular weight is 343 g/mol. The number of hydrogen-bond donors (Lipinski definition) is 1. The van der Waals surface area contributed by atoms with Gasteiger partial charge < -0.3 is 14.8 Å². The molecule has 0 spiro atoms. The van der Waals surface area contributed by atoms with E-state index in [-0.39, 0.29) is 5.54 Å². The average Bonchev–Trinajstić information content (AvgIpc) is 3.45. The minimum atomic E-state index is -0.409. The van der Waals surface area contributed by atoms with Gasteiger partial charge in [0.2, 0.25) is 5.95 Å². The van der Waals surface area contributed by atoms with E-state index in [2.05, 4.69) is 21.4 Å². The Labute approximate surface area is 148 Å². The molecule has 0 radical (unpaired) electrons. The molecule has 0 aliphatic heterocycles. The molecule has 1 aliphatic carbocycles. The summed E-state index contributed by atoms with van der Waals surface area (Å²) < 4.78 is 10.2. The lowest BCUT2D eigenvalue weighted by atomic mass is 10.0. The smallest absolute Gasteiger partial charge is 0.341 e. The summed E-state index contributed by atoms with van der Waals surface area (Å²) in [6.45, 7) is 6.09. The van der Waals surface area contributed by atoms with Gasteiger partial charge in [-0.2, -0.15) is 0 Å². The van der Waals surface area contributed by atoms with Gasteiger partial charge >= 0.3 is 5.97 Å². The molecule has 2 aromatic rings. The van der Waals surface area contributed by atoms with Crippen molar-refractivity contribution in [1.82, 2.24) is 9.97 Å². The van der Waals surface area contributed by atoms with Crippen molar-refractivity contribution < 1.29 is 14.3 Å². The molecule has 0 bridgehead atoms. The first-order chi connectivity index (χ1) is 12.2. The first-order valence-electron chi connectivity index (χ1n) is 8.59. The number of benzene rings is 1. The third kappa shape index (κ3) is 4.47. The molecule has 1 aromatic heterocycles. The Morgan fingerprint density at radius 1 is 1.24 bits per heavy atom. The van der Waals surface area contributed by atoms with Crippen LogP contribution in [-0.2, 0) is 10.3 Å². The maximum atomic E-state index is 11.6. The number of esters is 1. The van der Waals surface area contributed by atoms with E-state index < -0.39 is 5.97 Å². The molecule has 134 valence electrons. The Morgan fingerprint density at radius 2 is 1.92 bits per heavy atom. The van der Waals surface area contributed by atoms with E-state index >= 15 is 0 Å². The van der Waals surface area contributed by atoms with Gasteiger partial charge in [-0.25, -0.2) is 14.8 Å². The second kappa shape index (κ2) is 8.46. The summed E-state index contributed by atoms with van der Waals surface area (Å²) in [5.74, 6) is 0.917. The summed E-state index contributed by atoms with van der Waals surface area (Å²) >= 11 is 0. The molecule has 1 N–H and O–H groups in total. The molecular weight excluding hydrogens is 318 g/mol. The van der Waals surface area contributed by atoms with Crippen LogP contribution in [0.5, 0.6) is 5.75 Å². The van der Waals surface area contributed by atoms with Crippen LogP contribution >= 0.6 is 0 Å². The molecule has 1 heterocycles. The quantitative estimate of drug-likeness (QED) is 0.805. The standard InChI is InChI=1S/C17H19N3O3.C2H6/c1-3-23-15(21)12-10-18-16(19-11-12)20-17(7-8-17)13-5-4-6-14(9-13)22-2;1-2/h4-6,9-11H,3,7-8H2,1-2H3,(H,18,19,20);1-2H3. The van der Waals surface area contributed by atoms with Crippen molar-refractivity contribution in [3.8, 4) is 5.75 Å². The van der Waals surface area contributed by atoms with Crippen LogP contribution in [0.25, 0.3) is 0 Å². The minimum Gasteiger partial charge on any atom is -0.497 e. The predicted molar refractivity (Wildman–Crippen MR) is 96.9 cm³/mol. The van der Waals surface area contributed by atoms with Crippen molar-refractivity contribution in [2.75, 3.05) is 19.0 Å². The van der Waals surface area contributed by atoms with E-state index in [1.807, 2.05) is 32.0 Å². The molecule has 1 saturated carbocycles. The molecule has 25 heavy (non-hydrogen) atoms. The van der Waals surface area contributed by atoms with Gasteiger partial charge in [0, 0.05) is 12.4 Å². The van der Waals surface area contributed by atoms with E-state index in [1.165, 1.54) is 12.4 Å². The Morgan fingerprint density at radius 3 is 2.48 bits per heavy atom. The van der Waals surface area contributed by atoms with Crippen LogP contribution in [0.1, 0.15) is 49.5 Å². The van der Waals surface area contributed by atoms with Crippen LogP contribution in [0, 0.1) is 0 Å². The SMILES string of the molecule is CC.CCOC(=O)c1cnc(NC2(c3cccc(OC)c3)CC2)nc1. The van der Waals surface area contributed by atoms with Crippen LogP contribution in [-0.4, -0.2) is 29.7 Å². The number of anilines is 1. The monoisotopic (exact) mass is 343 g/mol. The van der Waals surface area contributed by atoms with Gasteiger partial charge in [0.05, 0.1) is 24.8 Å². The van der Waals surface area contributed by atoms with Gasteiger partial charge in [-0.15, -0.1) is 0 Å². The Balaban J connectivity index is 0.00000109. The zero-order valence-corrected chi connectivity index (χ0v) is 15.2. The lowest BCUT2D eigenvalue weighted by Gasteiger charge is -2.18. The number of rotatable bonds is 6. The van der Waals surface area contributed by atoms with E-state index in [0.29, 0.717) is 18.1 Å². The van der Waals surface area contributed by atoms with E-state index in [4.69, 9.17) is 9.47 Å². The highest BCUT2D eigenvalue weighted by Crippen LogP contribution is 2.48. The first-order valence-corrected chi connectivity index (χ1v) is 8.59. The number of aromatic nitrogens is 2. The largest absolute Gasteiger partial charge is 0.497 e. The molecule has 1 aromatic carbocycles. The zero-order valence-electron chi connectivity index (χ0n) is 15.2. The van der Waals surface area contributed by atoms with Gasteiger partial charge in [0.1, 0.15) is 5.75 Å². The molecule has 3 rings (SSSR count). The molecule has 0 unspecified atom stereocenters. The van der Waals surface area contributed by atoms with Crippen molar-refractivity contribution in [3.05, 3.63) is 47.8 Å². The Kier molecular flexibility index (Phi) is 6.33. The molecule has 6 nitrogen and oxygen atoms in total. The summed E-state index contributed by atoms with van der Waals surface area (Å²) in [7, 11) is 1.66. The first kappa shape index (κ1) is 18.7. The Hall–Kier alpha value is -2.63. The fourth-order valence-corrected chi connectivity index (χ4v) is 2.46. The molecular formula is C19H25N3O3. The normalized spacial score (nSPS) is 13.9. The maximum absolute atomic E-state index is 11.6. The van der Waals surface area contributed by atoms with Gasteiger partial charge in [-0.1, -0.05) is 26.0 Å². The van der Waals surface area contributed by atoms with E-state index in [0.717, 1.165) is 24.2 Å². The van der Waals surface area contributed by atoms with Gasteiger partial charge in [0.15, 0.2) is 0 Å². The van der Waals surface area contributed by atoms with Crippen molar-refractivity contribution in [3.63, 3.8) is 0 Å². The molecule has 0 atom stereocenters. The number of nitrogens with one attached hydrogen (secondary N) is 1. The summed E-state index contributed by atoms with van der Waals surface area (Å²) in [5.41, 5.74) is 1.35. The van der Waals surface area contributed by atoms with Crippen molar-refractivity contribution in [2.24, 2.45) is 0 Å². The van der Waals surface area contributed by atoms with E-state index in [9.17, 15) is 4.79 Å². The maximum Gasteiger partial charge on any atom is 0.341 e. The van der Waals surface area contributed by atoms with Crippen LogP contribution in [0.2, 0.25) is 0 Å². The van der Waals surface area contributed by atoms with Crippen molar-refractivity contribution in [1.29, 1.82) is 0 Å². The molecule has 0 saturated heterocycles. The van der Waals surface area contributed by atoms with Crippen LogP contribution in [0.4, 0.5) is 5.95 Å². The zero-order chi connectivity index (χ0) is 18.3. The fourth-order valence-electron chi connectivity index (χ4n) is 2.46. The van der Waals surface area contributed by atoms with Gasteiger partial charge in [-0.05, 0) is 37.5 Å². The molecule has 0 amide bonds. The number of carbonyl (C=O) groups excluding carboxylic acids is 1. The fraction of sp³-hybridized carbons (Fsp3) is 0.421. The second-order valence-corrected chi connectivity index (χ2v) is 5.45. The van der Waals surface area contributed by atoms with Crippen molar-refractivity contribution >= 4 is 11.9 Å². The predicted octanol–water partition coefficient (Wildman–Crippen LogP) is 3.79. The van der Waals surface area contributed by atoms with Crippen molar-refractivity contribution in [2.45, 2.75) is 39.2 Å². The van der Waals surface area contributed by atoms with Crippen LogP contribution < -0.4 is 10.1 Å². The summed E-state index contributed by atoms with van der Waals surface area (Å²) in [6, 6.07) is 7.98. The topological polar surface area (TPSA) is 73.3 Å². The summed E-state index contributed by atoms with van der Waals surface area (Å²) in [6.07, 6.45) is 4.97. The second-order valence-electron chi connectivity index (χ2n) is 5.45. The number of ether oxygens (including phenoxy) is 2. The Bertz CT molecular complexity index is 697. The number of hydrogen-bond acceptors (Lipinski definition) is 6. The highest BCUT2D eigenvalue weighted by atomic mass is 16.5. The molecule has 1 fully saturated rings. The highest BCUT2D eigenvalue weighted by molar-refractivity contribution is 5.88. The summed E-state index contributed by atoms with van der Waals surface area (Å²) in [5, 5.41) is 3.37.